The summed E-state index contributed by atoms with van der Waals surface area (Å²) in [6.07, 6.45) is 0.631. The Kier molecular flexibility index (Phi) is 4.26. The van der Waals surface area contributed by atoms with E-state index in [9.17, 15) is 19.2 Å². The van der Waals surface area contributed by atoms with E-state index in [1.54, 1.807) is 24.3 Å². The predicted molar refractivity (Wildman–Crippen MR) is 99.1 cm³/mol. The number of carboxylic acids is 1. The fourth-order valence-corrected chi connectivity index (χ4v) is 4.93. The molecule has 8 nitrogen and oxygen atoms in total. The van der Waals surface area contributed by atoms with Crippen molar-refractivity contribution >= 4 is 29.4 Å². The van der Waals surface area contributed by atoms with Gasteiger partial charge in [0.15, 0.2) is 0 Å². The van der Waals surface area contributed by atoms with E-state index >= 15 is 0 Å². The Labute approximate surface area is 162 Å². The Balaban J connectivity index is 1.83. The summed E-state index contributed by atoms with van der Waals surface area (Å²) in [6.45, 7) is 3.71. The number of rotatable bonds is 5. The van der Waals surface area contributed by atoms with Gasteiger partial charge in [-0.25, -0.2) is 0 Å². The number of nitrogens with one attached hydrogen (secondary N) is 2. The van der Waals surface area contributed by atoms with Crippen molar-refractivity contribution in [2.24, 2.45) is 11.8 Å². The van der Waals surface area contributed by atoms with Crippen molar-refractivity contribution in [3.8, 4) is 0 Å². The molecule has 2 saturated heterocycles. The second kappa shape index (κ2) is 6.41. The fourth-order valence-electron chi connectivity index (χ4n) is 4.93. The van der Waals surface area contributed by atoms with E-state index < -0.39 is 29.4 Å². The Bertz CT molecular complexity index is 884. The van der Waals surface area contributed by atoms with Crippen LogP contribution < -0.4 is 10.6 Å². The summed E-state index contributed by atoms with van der Waals surface area (Å²) < 4.78 is 0. The van der Waals surface area contributed by atoms with Crippen LogP contribution in [-0.2, 0) is 24.7 Å². The molecule has 3 N–H and O–H groups in total. The summed E-state index contributed by atoms with van der Waals surface area (Å²) in [5.74, 6) is -3.66. The molecule has 0 aromatic heterocycles. The van der Waals surface area contributed by atoms with Crippen molar-refractivity contribution in [3.63, 3.8) is 0 Å². The molecule has 148 valence electrons. The van der Waals surface area contributed by atoms with Gasteiger partial charge in [-0.2, -0.15) is 0 Å². The van der Waals surface area contributed by atoms with Crippen LogP contribution in [0.4, 0.5) is 5.69 Å². The maximum absolute atomic E-state index is 13.4. The lowest BCUT2D eigenvalue weighted by Gasteiger charge is -2.31. The molecular formula is C20H23N3O5. The molecule has 1 aromatic carbocycles. The first-order valence-corrected chi connectivity index (χ1v) is 9.60. The molecule has 0 aliphatic carbocycles. The van der Waals surface area contributed by atoms with E-state index in [0.717, 1.165) is 0 Å². The summed E-state index contributed by atoms with van der Waals surface area (Å²) in [5, 5.41) is 15.2. The van der Waals surface area contributed by atoms with Crippen molar-refractivity contribution < 1.29 is 24.3 Å². The zero-order valence-electron chi connectivity index (χ0n) is 15.8. The molecule has 0 radical (unpaired) electrons. The smallest absolute Gasteiger partial charge is 0.303 e. The zero-order chi connectivity index (χ0) is 20.2. The minimum Gasteiger partial charge on any atom is -0.481 e. The number of amides is 3. The lowest BCUT2D eigenvalue weighted by molar-refractivity contribution is -0.145. The fraction of sp³-hybridized carbons (Fsp3) is 0.500. The van der Waals surface area contributed by atoms with E-state index in [1.165, 1.54) is 4.90 Å². The standard InChI is InChI=1S/C20H23N3O5/c1-3-10(2)23-17(26)15-13(8-9-14(24)25)22-20(16(15)18(23)27)11-6-4-5-7-12(11)21-19(20)28/h4-7,10,13,15-16,22H,3,8-9H2,1-2H3,(H,21,28)(H,24,25)/t10-,13-,15+,16-,20-/m0/s1. The summed E-state index contributed by atoms with van der Waals surface area (Å²) >= 11 is 0. The van der Waals surface area contributed by atoms with Gasteiger partial charge in [0, 0.05) is 29.8 Å². The molecular weight excluding hydrogens is 362 g/mol. The van der Waals surface area contributed by atoms with Crippen molar-refractivity contribution in [1.82, 2.24) is 10.2 Å². The third-order valence-corrected chi connectivity index (χ3v) is 6.36. The molecule has 0 bridgehead atoms. The first-order chi connectivity index (χ1) is 13.3. The van der Waals surface area contributed by atoms with Gasteiger partial charge in [-0.3, -0.25) is 29.4 Å². The largest absolute Gasteiger partial charge is 0.481 e. The third kappa shape index (κ3) is 2.33. The van der Waals surface area contributed by atoms with Crippen LogP contribution in [0.2, 0.25) is 0 Å². The molecule has 1 spiro atoms. The van der Waals surface area contributed by atoms with Crippen molar-refractivity contribution in [1.29, 1.82) is 0 Å². The summed E-state index contributed by atoms with van der Waals surface area (Å²) in [4.78, 5) is 52.1. The Morgan fingerprint density at radius 3 is 2.64 bits per heavy atom. The minimum atomic E-state index is -1.35. The van der Waals surface area contributed by atoms with Crippen LogP contribution in [0.25, 0.3) is 0 Å². The number of imide groups is 1. The molecule has 3 aliphatic heterocycles. The molecule has 0 saturated carbocycles. The molecule has 3 heterocycles. The van der Waals surface area contributed by atoms with Crippen LogP contribution in [-0.4, -0.2) is 45.8 Å². The average molecular weight is 385 g/mol. The number of likely N-dealkylation sites (tertiary alicyclic amines) is 1. The maximum atomic E-state index is 13.4. The highest BCUT2D eigenvalue weighted by atomic mass is 16.4. The van der Waals surface area contributed by atoms with Gasteiger partial charge in [-0.15, -0.1) is 0 Å². The van der Waals surface area contributed by atoms with Crippen LogP contribution in [0, 0.1) is 11.8 Å². The van der Waals surface area contributed by atoms with Crippen molar-refractivity contribution in [3.05, 3.63) is 29.8 Å². The van der Waals surface area contributed by atoms with Crippen LogP contribution >= 0.6 is 0 Å². The highest BCUT2D eigenvalue weighted by molar-refractivity contribution is 6.15. The molecule has 3 amide bonds. The van der Waals surface area contributed by atoms with E-state index in [0.29, 0.717) is 17.7 Å². The SMILES string of the molecule is CC[C@H](C)N1C(=O)[C@@H]2[C@H](CCC(=O)O)N[C@]3(C(=O)Nc4ccccc43)[C@@H]2C1=O. The number of carbonyl (C=O) groups excluding carboxylic acids is 3. The van der Waals surface area contributed by atoms with Gasteiger partial charge < -0.3 is 10.4 Å². The number of benzene rings is 1. The van der Waals surface area contributed by atoms with Gasteiger partial charge in [0.2, 0.25) is 17.7 Å². The molecule has 5 atom stereocenters. The molecule has 0 unspecified atom stereocenters. The molecule has 8 heteroatoms. The second-order valence-electron chi connectivity index (χ2n) is 7.80. The monoisotopic (exact) mass is 385 g/mol. The van der Waals surface area contributed by atoms with Gasteiger partial charge in [-0.05, 0) is 25.8 Å². The van der Waals surface area contributed by atoms with Gasteiger partial charge in [0.05, 0.1) is 11.8 Å². The highest BCUT2D eigenvalue weighted by Gasteiger charge is 2.70. The average Bonchev–Trinajstić information content (AvgIpc) is 3.24. The van der Waals surface area contributed by atoms with E-state index in [4.69, 9.17) is 5.11 Å². The number of hydrogen-bond donors (Lipinski definition) is 3. The lowest BCUT2D eigenvalue weighted by atomic mass is 9.76. The van der Waals surface area contributed by atoms with Crippen LogP contribution in [0.1, 0.15) is 38.7 Å². The van der Waals surface area contributed by atoms with Gasteiger partial charge in [0.25, 0.3) is 0 Å². The number of hydrogen-bond acceptors (Lipinski definition) is 5. The van der Waals surface area contributed by atoms with E-state index in [1.807, 2.05) is 13.8 Å². The zero-order valence-corrected chi connectivity index (χ0v) is 15.8. The molecule has 28 heavy (non-hydrogen) atoms. The molecule has 4 rings (SSSR count). The number of carboxylic acid groups (broad SMARTS) is 1. The lowest BCUT2D eigenvalue weighted by Crippen LogP contribution is -2.54. The first kappa shape index (κ1) is 18.6. The van der Waals surface area contributed by atoms with Gasteiger partial charge in [0.1, 0.15) is 5.54 Å². The Morgan fingerprint density at radius 1 is 1.25 bits per heavy atom. The van der Waals surface area contributed by atoms with Crippen LogP contribution in [0.5, 0.6) is 0 Å². The number of nitrogens with zero attached hydrogens (tertiary/aromatic N) is 1. The minimum absolute atomic E-state index is 0.148. The summed E-state index contributed by atoms with van der Waals surface area (Å²) in [6, 6.07) is 6.28. The van der Waals surface area contributed by atoms with Crippen LogP contribution in [0.3, 0.4) is 0 Å². The molecule has 3 aliphatic rings. The number of para-hydroxylation sites is 1. The van der Waals surface area contributed by atoms with E-state index in [-0.39, 0.29) is 36.6 Å². The highest BCUT2D eigenvalue weighted by Crippen LogP contribution is 2.53. The number of aliphatic carboxylic acids is 1. The normalized spacial score (nSPS) is 31.9. The van der Waals surface area contributed by atoms with E-state index in [2.05, 4.69) is 10.6 Å². The number of carbonyl (C=O) groups is 4. The molecule has 1 aromatic rings. The predicted octanol–water partition coefficient (Wildman–Crippen LogP) is 1.07. The Morgan fingerprint density at radius 2 is 1.96 bits per heavy atom. The summed E-state index contributed by atoms with van der Waals surface area (Å²) in [7, 11) is 0. The Hall–Kier alpha value is -2.74. The van der Waals surface area contributed by atoms with Gasteiger partial charge >= 0.3 is 5.97 Å². The number of fused-ring (bicyclic) bond motifs is 4. The quantitative estimate of drug-likeness (QED) is 0.653. The first-order valence-electron chi connectivity index (χ1n) is 9.60. The topological polar surface area (TPSA) is 116 Å². The second-order valence-corrected chi connectivity index (χ2v) is 7.80. The van der Waals surface area contributed by atoms with Gasteiger partial charge in [-0.1, -0.05) is 25.1 Å². The molecule has 2 fully saturated rings. The number of anilines is 1. The maximum Gasteiger partial charge on any atom is 0.303 e. The van der Waals surface area contributed by atoms with Crippen molar-refractivity contribution in [2.45, 2.75) is 50.7 Å². The van der Waals surface area contributed by atoms with Crippen molar-refractivity contribution in [2.75, 3.05) is 5.32 Å². The third-order valence-electron chi connectivity index (χ3n) is 6.36. The summed E-state index contributed by atoms with van der Waals surface area (Å²) in [5.41, 5.74) is -0.0980. The van der Waals surface area contributed by atoms with Crippen LogP contribution in [0.15, 0.2) is 24.3 Å².